The predicted molar refractivity (Wildman–Crippen MR) is 103 cm³/mol. The van der Waals surface area contributed by atoms with Gasteiger partial charge in [-0.15, -0.1) is 11.8 Å². The predicted octanol–water partition coefficient (Wildman–Crippen LogP) is 7.87. The zero-order valence-electron chi connectivity index (χ0n) is 14.9. The van der Waals surface area contributed by atoms with Gasteiger partial charge in [0, 0.05) is 10.1 Å². The molecule has 0 nitrogen and oxygen atoms in total. The van der Waals surface area contributed by atoms with Crippen molar-refractivity contribution in [2.45, 2.75) is 101 Å². The Hall–Kier alpha value is -0.430. The fraction of sp³-hybridized carbons (Fsp3) is 0.714. The summed E-state index contributed by atoms with van der Waals surface area (Å²) in [6.07, 6.45) is 17.2. The van der Waals surface area contributed by atoms with Gasteiger partial charge < -0.3 is 0 Å². The van der Waals surface area contributed by atoms with Crippen LogP contribution >= 0.6 is 11.8 Å². The van der Waals surface area contributed by atoms with Gasteiger partial charge in [0.2, 0.25) is 0 Å². The summed E-state index contributed by atoms with van der Waals surface area (Å²) in [6, 6.07) is 10.8. The number of hydrogen-bond acceptors (Lipinski definition) is 1. The lowest BCUT2D eigenvalue weighted by Crippen LogP contribution is -1.95. The molecule has 0 heterocycles. The molecule has 0 N–H and O–H groups in total. The lowest BCUT2D eigenvalue weighted by molar-refractivity contribution is 0.544. The van der Waals surface area contributed by atoms with Crippen molar-refractivity contribution in [3.8, 4) is 0 Å². The van der Waals surface area contributed by atoms with Crippen LogP contribution in [-0.2, 0) is 0 Å². The van der Waals surface area contributed by atoms with Crippen molar-refractivity contribution in [2.24, 2.45) is 0 Å². The molecule has 1 unspecified atom stereocenters. The second-order valence-electron chi connectivity index (χ2n) is 6.57. The standard InChI is InChI=1S/C21H36S/c1-3-4-5-6-7-8-9-10-11-12-14-17-20(2)22-21-18-15-13-16-19-21/h13,15-16,18-20H,3-12,14,17H2,1-2H3. The third-order valence-corrected chi connectivity index (χ3v) is 5.48. The average molecular weight is 321 g/mol. The van der Waals surface area contributed by atoms with Gasteiger partial charge in [-0.25, -0.2) is 0 Å². The van der Waals surface area contributed by atoms with Crippen LogP contribution in [0, 0.1) is 0 Å². The molecule has 0 amide bonds. The molecule has 0 aliphatic heterocycles. The molecule has 0 aliphatic carbocycles. The molecule has 0 aromatic heterocycles. The average Bonchev–Trinajstić information content (AvgIpc) is 2.53. The van der Waals surface area contributed by atoms with E-state index in [4.69, 9.17) is 0 Å². The molecule has 1 aromatic carbocycles. The maximum atomic E-state index is 2.37. The van der Waals surface area contributed by atoms with E-state index in [-0.39, 0.29) is 0 Å². The van der Waals surface area contributed by atoms with E-state index >= 15 is 0 Å². The van der Waals surface area contributed by atoms with Crippen LogP contribution in [-0.4, -0.2) is 5.25 Å². The zero-order chi connectivity index (χ0) is 15.9. The Morgan fingerprint density at radius 1 is 0.727 bits per heavy atom. The quantitative estimate of drug-likeness (QED) is 0.248. The first-order chi connectivity index (χ1) is 10.8. The highest BCUT2D eigenvalue weighted by molar-refractivity contribution is 7.99. The highest BCUT2D eigenvalue weighted by atomic mass is 32.2. The molecule has 22 heavy (non-hydrogen) atoms. The maximum absolute atomic E-state index is 2.37. The fourth-order valence-electron chi connectivity index (χ4n) is 2.89. The molecule has 0 saturated heterocycles. The Bertz CT molecular complexity index is 333. The zero-order valence-corrected chi connectivity index (χ0v) is 15.7. The molecule has 0 spiro atoms. The van der Waals surface area contributed by atoms with Gasteiger partial charge in [0.1, 0.15) is 0 Å². The Kier molecular flexibility index (Phi) is 12.6. The van der Waals surface area contributed by atoms with Crippen molar-refractivity contribution in [3.63, 3.8) is 0 Å². The first-order valence-corrected chi connectivity index (χ1v) is 10.4. The number of unbranched alkanes of at least 4 members (excludes halogenated alkanes) is 10. The highest BCUT2D eigenvalue weighted by Gasteiger charge is 2.03. The van der Waals surface area contributed by atoms with Gasteiger partial charge in [0.05, 0.1) is 0 Å². The van der Waals surface area contributed by atoms with E-state index in [9.17, 15) is 0 Å². The van der Waals surface area contributed by atoms with Crippen molar-refractivity contribution in [1.82, 2.24) is 0 Å². The van der Waals surface area contributed by atoms with E-state index < -0.39 is 0 Å². The van der Waals surface area contributed by atoms with Crippen LogP contribution in [0.15, 0.2) is 35.2 Å². The Morgan fingerprint density at radius 2 is 1.23 bits per heavy atom. The summed E-state index contributed by atoms with van der Waals surface area (Å²) in [4.78, 5) is 1.41. The monoisotopic (exact) mass is 320 g/mol. The van der Waals surface area contributed by atoms with Gasteiger partial charge in [0.25, 0.3) is 0 Å². The topological polar surface area (TPSA) is 0 Å². The molecule has 1 heteroatoms. The fourth-order valence-corrected chi connectivity index (χ4v) is 3.95. The molecule has 1 aromatic rings. The third-order valence-electron chi connectivity index (χ3n) is 4.29. The summed E-state index contributed by atoms with van der Waals surface area (Å²) in [5.74, 6) is 0. The molecular formula is C21H36S. The van der Waals surface area contributed by atoms with Gasteiger partial charge in [0.15, 0.2) is 0 Å². The lowest BCUT2D eigenvalue weighted by Gasteiger charge is -2.10. The van der Waals surface area contributed by atoms with Crippen molar-refractivity contribution < 1.29 is 0 Å². The highest BCUT2D eigenvalue weighted by Crippen LogP contribution is 2.26. The summed E-state index contributed by atoms with van der Waals surface area (Å²) in [5, 5.41) is 0.751. The van der Waals surface area contributed by atoms with E-state index in [0.717, 1.165) is 5.25 Å². The van der Waals surface area contributed by atoms with Gasteiger partial charge in [-0.3, -0.25) is 0 Å². The minimum Gasteiger partial charge on any atom is -0.123 e. The van der Waals surface area contributed by atoms with Gasteiger partial charge in [-0.2, -0.15) is 0 Å². The van der Waals surface area contributed by atoms with E-state index in [1.807, 2.05) is 11.8 Å². The minimum atomic E-state index is 0.751. The normalized spacial score (nSPS) is 12.5. The van der Waals surface area contributed by atoms with Crippen molar-refractivity contribution in [2.75, 3.05) is 0 Å². The smallest absolute Gasteiger partial charge is 0.00746 e. The van der Waals surface area contributed by atoms with Gasteiger partial charge in [-0.1, -0.05) is 103 Å². The summed E-state index contributed by atoms with van der Waals surface area (Å²) in [5.41, 5.74) is 0. The molecule has 0 bridgehead atoms. The minimum absolute atomic E-state index is 0.751. The first-order valence-electron chi connectivity index (χ1n) is 9.54. The van der Waals surface area contributed by atoms with Gasteiger partial charge >= 0.3 is 0 Å². The summed E-state index contributed by atoms with van der Waals surface area (Å²) in [6.45, 7) is 4.66. The third kappa shape index (κ3) is 11.2. The van der Waals surface area contributed by atoms with E-state index in [1.165, 1.54) is 81.9 Å². The molecule has 1 rings (SSSR count). The van der Waals surface area contributed by atoms with Crippen LogP contribution in [0.25, 0.3) is 0 Å². The van der Waals surface area contributed by atoms with E-state index in [2.05, 4.69) is 44.2 Å². The Labute approximate surface area is 143 Å². The molecule has 0 aliphatic rings. The van der Waals surface area contributed by atoms with Gasteiger partial charge in [-0.05, 0) is 18.6 Å². The number of rotatable bonds is 14. The van der Waals surface area contributed by atoms with Crippen molar-refractivity contribution in [1.29, 1.82) is 0 Å². The Balaban J connectivity index is 1.85. The second kappa shape index (κ2) is 14.2. The number of benzene rings is 1. The summed E-state index contributed by atoms with van der Waals surface area (Å²) in [7, 11) is 0. The largest absolute Gasteiger partial charge is 0.123 e. The van der Waals surface area contributed by atoms with Crippen molar-refractivity contribution in [3.05, 3.63) is 30.3 Å². The Morgan fingerprint density at radius 3 is 1.77 bits per heavy atom. The summed E-state index contributed by atoms with van der Waals surface area (Å²) >= 11 is 2.02. The number of hydrogen-bond donors (Lipinski definition) is 0. The molecule has 0 fully saturated rings. The second-order valence-corrected chi connectivity index (χ2v) is 8.08. The van der Waals surface area contributed by atoms with Crippen LogP contribution in [0.5, 0.6) is 0 Å². The van der Waals surface area contributed by atoms with Crippen LogP contribution in [0.4, 0.5) is 0 Å². The molecule has 1 atom stereocenters. The van der Waals surface area contributed by atoms with Crippen LogP contribution in [0.1, 0.15) is 90.9 Å². The van der Waals surface area contributed by atoms with Crippen molar-refractivity contribution >= 4 is 11.8 Å². The molecule has 126 valence electrons. The molecule has 0 saturated carbocycles. The molecule has 0 radical (unpaired) electrons. The van der Waals surface area contributed by atoms with E-state index in [1.54, 1.807) is 0 Å². The number of thioether (sulfide) groups is 1. The lowest BCUT2D eigenvalue weighted by atomic mass is 10.0. The SMILES string of the molecule is CCCCCCCCCCCCCC(C)Sc1ccccc1. The van der Waals surface area contributed by atoms with E-state index in [0.29, 0.717) is 0 Å². The molecular weight excluding hydrogens is 284 g/mol. The summed E-state index contributed by atoms with van der Waals surface area (Å²) < 4.78 is 0. The first kappa shape index (κ1) is 19.6. The van der Waals surface area contributed by atoms with Crippen LogP contribution < -0.4 is 0 Å². The van der Waals surface area contributed by atoms with Crippen LogP contribution in [0.2, 0.25) is 0 Å². The van der Waals surface area contributed by atoms with Crippen LogP contribution in [0.3, 0.4) is 0 Å². The maximum Gasteiger partial charge on any atom is 0.00746 e.